The molecule has 5 N–H and O–H groups in total. The van der Waals surface area contributed by atoms with Gasteiger partial charge >= 0.3 is 0 Å². The molecular weight excluding hydrogens is 288 g/mol. The zero-order valence-electron chi connectivity index (χ0n) is 12.4. The number of nitrogens with zero attached hydrogens (tertiary/aromatic N) is 1. The molecule has 0 aliphatic heterocycles. The van der Waals surface area contributed by atoms with Crippen molar-refractivity contribution in [3.05, 3.63) is 22.2 Å². The van der Waals surface area contributed by atoms with Crippen LogP contribution < -0.4 is 16.8 Å². The lowest BCUT2D eigenvalue weighted by atomic mass is 10.0. The second-order valence-corrected chi connectivity index (χ2v) is 6.55. The van der Waals surface area contributed by atoms with E-state index in [2.05, 4.69) is 10.3 Å². The number of hydrogen-bond donors (Lipinski definition) is 3. The number of aryl methyl sites for hydroxylation is 2. The average Bonchev–Trinajstić information content (AvgIpc) is 2.65. The highest BCUT2D eigenvalue weighted by atomic mass is 32.1. The second kappa shape index (κ2) is 5.00. The number of nitrogen functional groups attached to an aromatic ring is 1. The number of amides is 2. The fraction of sp³-hybridized carbons (Fsp3) is 0.357. The molecule has 7 heteroatoms. The molecule has 0 aliphatic carbocycles. The summed E-state index contributed by atoms with van der Waals surface area (Å²) in [4.78, 5) is 29.1. The molecule has 0 radical (unpaired) electrons. The molecule has 0 saturated heterocycles. The third-order valence-electron chi connectivity index (χ3n) is 3.27. The number of anilines is 1. The number of carbonyl (C=O) groups excluding carboxylic acids is 2. The minimum atomic E-state index is -1.14. The molecule has 0 atom stereocenters. The zero-order valence-corrected chi connectivity index (χ0v) is 13.2. The predicted octanol–water partition coefficient (Wildman–Crippen LogP) is 1.49. The lowest BCUT2D eigenvalue weighted by Crippen LogP contribution is -2.52. The average molecular weight is 306 g/mol. The van der Waals surface area contributed by atoms with Gasteiger partial charge in [0.05, 0.1) is 5.69 Å². The summed E-state index contributed by atoms with van der Waals surface area (Å²) in [6.07, 6.45) is 0. The van der Waals surface area contributed by atoms with Gasteiger partial charge in [-0.3, -0.25) is 9.59 Å². The predicted molar refractivity (Wildman–Crippen MR) is 84.2 cm³/mol. The fourth-order valence-corrected chi connectivity index (χ4v) is 3.15. The maximum absolute atomic E-state index is 12.3. The summed E-state index contributed by atoms with van der Waals surface area (Å²) in [5.74, 6) is -1.03. The van der Waals surface area contributed by atoms with Crippen LogP contribution in [0.1, 0.15) is 34.8 Å². The van der Waals surface area contributed by atoms with Crippen LogP contribution in [-0.2, 0) is 4.79 Å². The summed E-state index contributed by atoms with van der Waals surface area (Å²) in [6, 6.07) is 1.92. The fourth-order valence-electron chi connectivity index (χ4n) is 2.04. The van der Waals surface area contributed by atoms with Gasteiger partial charge in [0.2, 0.25) is 5.91 Å². The number of rotatable bonds is 3. The van der Waals surface area contributed by atoms with E-state index in [1.54, 1.807) is 13.8 Å². The SMILES string of the molecule is Cc1cc(C)c2c(N)c(C(=O)NC(C)(C)C(N)=O)sc2n1. The first-order valence-corrected chi connectivity index (χ1v) is 7.23. The number of fused-ring (bicyclic) bond motifs is 1. The van der Waals surface area contributed by atoms with Crippen molar-refractivity contribution in [2.45, 2.75) is 33.2 Å². The number of primary amides is 1. The van der Waals surface area contributed by atoms with E-state index in [0.29, 0.717) is 15.4 Å². The zero-order chi connectivity index (χ0) is 15.9. The van der Waals surface area contributed by atoms with Crippen molar-refractivity contribution in [3.8, 4) is 0 Å². The Morgan fingerprint density at radius 2 is 1.95 bits per heavy atom. The molecule has 2 rings (SSSR count). The first kappa shape index (κ1) is 15.2. The molecule has 0 saturated carbocycles. The molecule has 0 aliphatic rings. The van der Waals surface area contributed by atoms with Gasteiger partial charge in [0.25, 0.3) is 5.91 Å². The Morgan fingerprint density at radius 1 is 1.33 bits per heavy atom. The Balaban J connectivity index is 2.48. The van der Waals surface area contributed by atoms with Gasteiger partial charge in [0.15, 0.2) is 0 Å². The quantitative estimate of drug-likeness (QED) is 0.797. The third kappa shape index (κ3) is 2.69. The third-order valence-corrected chi connectivity index (χ3v) is 4.37. The number of aromatic nitrogens is 1. The lowest BCUT2D eigenvalue weighted by Gasteiger charge is -2.21. The summed E-state index contributed by atoms with van der Waals surface area (Å²) in [5.41, 5.74) is 12.4. The van der Waals surface area contributed by atoms with Crippen LogP contribution in [0.15, 0.2) is 6.07 Å². The standard InChI is InChI=1S/C14H18N4O2S/c1-6-5-7(2)17-12-8(6)9(15)10(21-12)11(19)18-14(3,4)13(16)20/h5H,15H2,1-4H3,(H2,16,20)(H,18,19). The Labute approximate surface area is 126 Å². The van der Waals surface area contributed by atoms with Crippen molar-refractivity contribution in [1.29, 1.82) is 0 Å². The van der Waals surface area contributed by atoms with Crippen LogP contribution in [0.3, 0.4) is 0 Å². The van der Waals surface area contributed by atoms with Gasteiger partial charge in [-0.2, -0.15) is 0 Å². The van der Waals surface area contributed by atoms with E-state index in [9.17, 15) is 9.59 Å². The molecular formula is C14H18N4O2S. The van der Waals surface area contributed by atoms with E-state index in [0.717, 1.165) is 16.6 Å². The van der Waals surface area contributed by atoms with E-state index in [-0.39, 0.29) is 0 Å². The largest absolute Gasteiger partial charge is 0.397 e. The van der Waals surface area contributed by atoms with Gasteiger partial charge < -0.3 is 16.8 Å². The number of nitrogens with two attached hydrogens (primary N) is 2. The Bertz CT molecular complexity index is 749. The molecule has 0 spiro atoms. The van der Waals surface area contributed by atoms with Gasteiger partial charge in [-0.25, -0.2) is 4.98 Å². The Kier molecular flexibility index (Phi) is 3.63. The normalized spacial score (nSPS) is 11.6. The molecule has 2 heterocycles. The highest BCUT2D eigenvalue weighted by Gasteiger charge is 2.29. The van der Waals surface area contributed by atoms with E-state index in [4.69, 9.17) is 11.5 Å². The monoisotopic (exact) mass is 306 g/mol. The molecule has 2 amide bonds. The summed E-state index contributed by atoms with van der Waals surface area (Å²) >= 11 is 1.21. The lowest BCUT2D eigenvalue weighted by molar-refractivity contribution is -0.122. The second-order valence-electron chi connectivity index (χ2n) is 5.55. The van der Waals surface area contributed by atoms with Crippen LogP contribution >= 0.6 is 11.3 Å². The van der Waals surface area contributed by atoms with Gasteiger partial charge in [-0.05, 0) is 39.3 Å². The van der Waals surface area contributed by atoms with Crippen LogP contribution in [0.25, 0.3) is 10.2 Å². The molecule has 112 valence electrons. The van der Waals surface area contributed by atoms with Crippen molar-refractivity contribution in [3.63, 3.8) is 0 Å². The van der Waals surface area contributed by atoms with Crippen molar-refractivity contribution in [1.82, 2.24) is 10.3 Å². The number of hydrogen-bond acceptors (Lipinski definition) is 5. The molecule has 6 nitrogen and oxygen atoms in total. The van der Waals surface area contributed by atoms with Gasteiger partial charge in [-0.1, -0.05) is 0 Å². The minimum Gasteiger partial charge on any atom is -0.397 e. The Hall–Kier alpha value is -2.15. The maximum atomic E-state index is 12.3. The summed E-state index contributed by atoms with van der Waals surface area (Å²) in [7, 11) is 0. The highest BCUT2D eigenvalue weighted by Crippen LogP contribution is 2.35. The van der Waals surface area contributed by atoms with Crippen LogP contribution in [0.4, 0.5) is 5.69 Å². The molecule has 0 bridgehead atoms. The van der Waals surface area contributed by atoms with E-state index < -0.39 is 17.4 Å². The number of thiophene rings is 1. The van der Waals surface area contributed by atoms with Gasteiger partial charge in [-0.15, -0.1) is 11.3 Å². The van der Waals surface area contributed by atoms with Gasteiger partial charge in [0, 0.05) is 11.1 Å². The van der Waals surface area contributed by atoms with Crippen LogP contribution in [0.2, 0.25) is 0 Å². The van der Waals surface area contributed by atoms with Crippen molar-refractivity contribution in [2.75, 3.05) is 5.73 Å². The van der Waals surface area contributed by atoms with E-state index in [1.807, 2.05) is 19.9 Å². The Morgan fingerprint density at radius 3 is 2.52 bits per heavy atom. The van der Waals surface area contributed by atoms with Crippen LogP contribution in [-0.4, -0.2) is 22.3 Å². The molecule has 2 aromatic heterocycles. The first-order chi connectivity index (χ1) is 9.63. The highest BCUT2D eigenvalue weighted by molar-refractivity contribution is 7.21. The summed E-state index contributed by atoms with van der Waals surface area (Å²) in [6.45, 7) is 6.90. The van der Waals surface area contributed by atoms with E-state index >= 15 is 0 Å². The molecule has 0 unspecified atom stereocenters. The first-order valence-electron chi connectivity index (χ1n) is 6.42. The van der Waals surface area contributed by atoms with Gasteiger partial charge in [0.1, 0.15) is 15.2 Å². The number of pyridine rings is 1. The topological polar surface area (TPSA) is 111 Å². The molecule has 0 fully saturated rings. The smallest absolute Gasteiger partial charge is 0.264 e. The van der Waals surface area contributed by atoms with Crippen LogP contribution in [0.5, 0.6) is 0 Å². The number of nitrogens with one attached hydrogen (secondary N) is 1. The van der Waals surface area contributed by atoms with Crippen molar-refractivity contribution in [2.24, 2.45) is 5.73 Å². The summed E-state index contributed by atoms with van der Waals surface area (Å²) < 4.78 is 0. The maximum Gasteiger partial charge on any atom is 0.264 e. The summed E-state index contributed by atoms with van der Waals surface area (Å²) in [5, 5.41) is 3.38. The van der Waals surface area contributed by atoms with E-state index in [1.165, 1.54) is 11.3 Å². The van der Waals surface area contributed by atoms with Crippen LogP contribution in [0, 0.1) is 13.8 Å². The molecule has 2 aromatic rings. The van der Waals surface area contributed by atoms with Crippen molar-refractivity contribution >= 4 is 39.1 Å². The van der Waals surface area contributed by atoms with Crippen molar-refractivity contribution < 1.29 is 9.59 Å². The molecule has 0 aromatic carbocycles. The molecule has 21 heavy (non-hydrogen) atoms. The minimum absolute atomic E-state index is 0.348. The number of carbonyl (C=O) groups is 2.